The second-order valence-corrected chi connectivity index (χ2v) is 6.12. The fourth-order valence-corrected chi connectivity index (χ4v) is 2.67. The van der Waals surface area contributed by atoms with Crippen molar-refractivity contribution in [2.45, 2.75) is 26.3 Å². The van der Waals surface area contributed by atoms with Crippen LogP contribution in [0.3, 0.4) is 0 Å². The molecule has 3 nitrogen and oxygen atoms in total. The molecule has 0 unspecified atom stereocenters. The fraction of sp³-hybridized carbons (Fsp3) is 0.250. The number of benzene rings is 2. The number of halogens is 3. The molecular weight excluding hydrogens is 341 g/mol. The van der Waals surface area contributed by atoms with Gasteiger partial charge < -0.3 is 10.1 Å². The van der Waals surface area contributed by atoms with Gasteiger partial charge in [-0.3, -0.25) is 0 Å². The molecule has 0 aliphatic rings. The maximum Gasteiger partial charge on any atom is 0.411 e. The summed E-state index contributed by atoms with van der Waals surface area (Å²) in [5.41, 5.74) is 3.80. The first-order chi connectivity index (χ1) is 12.4. The average molecular weight is 360 g/mol. The van der Waals surface area contributed by atoms with Crippen molar-refractivity contribution in [3.63, 3.8) is 0 Å². The van der Waals surface area contributed by atoms with E-state index < -0.39 is 12.8 Å². The normalized spacial score (nSPS) is 11.7. The summed E-state index contributed by atoms with van der Waals surface area (Å²) < 4.78 is 40.9. The fourth-order valence-electron chi connectivity index (χ4n) is 2.67. The Morgan fingerprint density at radius 1 is 1.00 bits per heavy atom. The zero-order valence-corrected chi connectivity index (χ0v) is 14.3. The summed E-state index contributed by atoms with van der Waals surface area (Å²) in [6.45, 7) is 1.33. The Kier molecular flexibility index (Phi) is 5.42. The maximum atomic E-state index is 12.1. The monoisotopic (exact) mass is 360 g/mol. The summed E-state index contributed by atoms with van der Waals surface area (Å²) in [4.78, 5) is 4.59. The molecule has 1 N–H and O–H groups in total. The van der Waals surface area contributed by atoms with E-state index in [0.29, 0.717) is 12.1 Å². The highest BCUT2D eigenvalue weighted by atomic mass is 19.4. The second-order valence-electron chi connectivity index (χ2n) is 6.12. The van der Waals surface area contributed by atoms with Gasteiger partial charge in [-0.1, -0.05) is 42.5 Å². The predicted molar refractivity (Wildman–Crippen MR) is 96.0 cm³/mol. The molecule has 136 valence electrons. The number of para-hydroxylation sites is 1. The molecule has 0 radical (unpaired) electrons. The van der Waals surface area contributed by atoms with E-state index in [1.807, 2.05) is 49.4 Å². The van der Waals surface area contributed by atoms with E-state index in [1.54, 1.807) is 12.1 Å². The van der Waals surface area contributed by atoms with Crippen LogP contribution in [0, 0.1) is 6.92 Å². The Hall–Kier alpha value is -2.60. The highest BCUT2D eigenvalue weighted by Gasteiger charge is 2.27. The van der Waals surface area contributed by atoms with Crippen molar-refractivity contribution in [1.29, 1.82) is 0 Å². The quantitative estimate of drug-likeness (QED) is 0.653. The van der Waals surface area contributed by atoms with E-state index in [4.69, 9.17) is 0 Å². The van der Waals surface area contributed by atoms with Crippen LogP contribution < -0.4 is 5.32 Å². The topological polar surface area (TPSA) is 34.1 Å². The zero-order valence-electron chi connectivity index (χ0n) is 14.3. The number of anilines is 1. The maximum absolute atomic E-state index is 12.1. The molecule has 0 spiro atoms. The Labute approximate surface area is 149 Å². The van der Waals surface area contributed by atoms with Gasteiger partial charge in [0.15, 0.2) is 0 Å². The number of fused-ring (bicyclic) bond motifs is 1. The average Bonchev–Trinajstić information content (AvgIpc) is 2.60. The van der Waals surface area contributed by atoms with Gasteiger partial charge in [-0.25, -0.2) is 4.98 Å². The number of aromatic nitrogens is 1. The molecule has 26 heavy (non-hydrogen) atoms. The van der Waals surface area contributed by atoms with Crippen LogP contribution in [-0.4, -0.2) is 17.8 Å². The van der Waals surface area contributed by atoms with Gasteiger partial charge in [0, 0.05) is 11.9 Å². The Bertz CT molecular complexity index is 876. The third-order valence-corrected chi connectivity index (χ3v) is 3.95. The molecule has 1 aromatic heterocycles. The summed E-state index contributed by atoms with van der Waals surface area (Å²) in [6, 6.07) is 17.2. The van der Waals surface area contributed by atoms with Gasteiger partial charge in [0.1, 0.15) is 12.4 Å². The summed E-state index contributed by atoms with van der Waals surface area (Å²) in [5.74, 6) is 0.791. The smallest absolute Gasteiger partial charge is 0.367 e. The lowest BCUT2D eigenvalue weighted by molar-refractivity contribution is -0.176. The number of hydrogen-bond acceptors (Lipinski definition) is 3. The molecule has 0 amide bonds. The molecule has 3 aromatic rings. The highest BCUT2D eigenvalue weighted by molar-refractivity contribution is 5.83. The van der Waals surface area contributed by atoms with Crippen molar-refractivity contribution in [2.75, 3.05) is 11.9 Å². The predicted octanol–water partition coefficient (Wildman–Crippen LogP) is 5.23. The van der Waals surface area contributed by atoms with Crippen LogP contribution in [0.2, 0.25) is 0 Å². The van der Waals surface area contributed by atoms with Gasteiger partial charge in [0.05, 0.1) is 12.1 Å². The lowest BCUT2D eigenvalue weighted by Gasteiger charge is -2.10. The lowest BCUT2D eigenvalue weighted by Crippen LogP contribution is -2.16. The Morgan fingerprint density at radius 2 is 1.69 bits per heavy atom. The summed E-state index contributed by atoms with van der Waals surface area (Å²) in [6.07, 6.45) is -4.30. The number of nitrogens with one attached hydrogen (secondary N) is 1. The van der Waals surface area contributed by atoms with Crippen molar-refractivity contribution in [2.24, 2.45) is 0 Å². The van der Waals surface area contributed by atoms with Crippen molar-refractivity contribution in [3.8, 4) is 0 Å². The Morgan fingerprint density at radius 3 is 2.42 bits per heavy atom. The first-order valence-electron chi connectivity index (χ1n) is 8.23. The number of ether oxygens (including phenoxy) is 1. The molecule has 0 aliphatic heterocycles. The molecule has 0 saturated heterocycles. The van der Waals surface area contributed by atoms with Crippen LogP contribution in [0.4, 0.5) is 19.0 Å². The van der Waals surface area contributed by atoms with E-state index in [9.17, 15) is 13.2 Å². The van der Waals surface area contributed by atoms with Gasteiger partial charge in [0.2, 0.25) is 0 Å². The van der Waals surface area contributed by atoms with Gasteiger partial charge in [-0.05, 0) is 35.7 Å². The van der Waals surface area contributed by atoms with Crippen molar-refractivity contribution in [1.82, 2.24) is 4.98 Å². The molecule has 3 rings (SSSR count). The third-order valence-electron chi connectivity index (χ3n) is 3.95. The van der Waals surface area contributed by atoms with Crippen LogP contribution in [0.25, 0.3) is 10.9 Å². The summed E-state index contributed by atoms with van der Waals surface area (Å²) >= 11 is 0. The van der Waals surface area contributed by atoms with Crippen LogP contribution in [0.15, 0.2) is 54.6 Å². The minimum atomic E-state index is -4.30. The van der Waals surface area contributed by atoms with E-state index in [2.05, 4.69) is 15.0 Å². The first-order valence-corrected chi connectivity index (χ1v) is 8.23. The van der Waals surface area contributed by atoms with Crippen LogP contribution >= 0.6 is 0 Å². The van der Waals surface area contributed by atoms with Crippen LogP contribution in [-0.2, 0) is 17.9 Å². The lowest BCUT2D eigenvalue weighted by atomic mass is 10.1. The van der Waals surface area contributed by atoms with Crippen molar-refractivity contribution >= 4 is 16.7 Å². The zero-order chi connectivity index (χ0) is 18.6. The largest absolute Gasteiger partial charge is 0.411 e. The molecule has 2 aromatic carbocycles. The molecule has 0 bridgehead atoms. The van der Waals surface area contributed by atoms with Gasteiger partial charge in [-0.15, -0.1) is 0 Å². The number of pyridine rings is 1. The molecular formula is C20H19F3N2O. The van der Waals surface area contributed by atoms with E-state index in [0.717, 1.165) is 27.8 Å². The van der Waals surface area contributed by atoms with E-state index in [-0.39, 0.29) is 6.61 Å². The molecule has 6 heteroatoms. The molecule has 0 aliphatic carbocycles. The van der Waals surface area contributed by atoms with Gasteiger partial charge in [-0.2, -0.15) is 13.2 Å². The number of hydrogen-bond donors (Lipinski definition) is 1. The first kappa shape index (κ1) is 18.2. The Balaban J connectivity index is 1.58. The van der Waals surface area contributed by atoms with Gasteiger partial charge >= 0.3 is 6.18 Å². The number of aryl methyl sites for hydroxylation is 1. The summed E-state index contributed by atoms with van der Waals surface area (Å²) in [7, 11) is 0. The standard InChI is InChI=1S/C20H19F3N2O/c1-14-10-19(25-18-5-3-2-4-17(14)18)24-11-15-6-8-16(9-7-15)12-26-13-20(21,22)23/h2-10H,11-13H2,1H3,(H,24,25). The van der Waals surface area contributed by atoms with Crippen LogP contribution in [0.5, 0.6) is 0 Å². The number of rotatable bonds is 6. The van der Waals surface area contributed by atoms with Crippen molar-refractivity contribution < 1.29 is 17.9 Å². The minimum absolute atomic E-state index is 0.0569. The van der Waals surface area contributed by atoms with Crippen molar-refractivity contribution in [3.05, 3.63) is 71.3 Å². The summed E-state index contributed by atoms with van der Waals surface area (Å²) in [5, 5.41) is 4.41. The second kappa shape index (κ2) is 7.74. The van der Waals surface area contributed by atoms with E-state index >= 15 is 0 Å². The number of nitrogens with zero attached hydrogens (tertiary/aromatic N) is 1. The molecule has 1 heterocycles. The number of alkyl halides is 3. The molecule has 0 fully saturated rings. The molecule has 0 atom stereocenters. The van der Waals surface area contributed by atoms with Crippen LogP contribution in [0.1, 0.15) is 16.7 Å². The van der Waals surface area contributed by atoms with E-state index in [1.165, 1.54) is 0 Å². The highest BCUT2D eigenvalue weighted by Crippen LogP contribution is 2.20. The molecule has 0 saturated carbocycles. The minimum Gasteiger partial charge on any atom is -0.367 e. The third kappa shape index (κ3) is 4.95. The van der Waals surface area contributed by atoms with Gasteiger partial charge in [0.25, 0.3) is 0 Å². The SMILES string of the molecule is Cc1cc(NCc2ccc(COCC(F)(F)F)cc2)nc2ccccc12.